The number of benzene rings is 1. The molecule has 0 aliphatic rings. The van der Waals surface area contributed by atoms with E-state index in [9.17, 15) is 0 Å². The van der Waals surface area contributed by atoms with Gasteiger partial charge in [-0.2, -0.15) is 4.98 Å². The van der Waals surface area contributed by atoms with Crippen LogP contribution in [-0.4, -0.2) is 9.97 Å². The molecule has 0 bridgehead atoms. The molecule has 16 heavy (non-hydrogen) atoms. The predicted octanol–water partition coefficient (Wildman–Crippen LogP) is 1.22. The SMILES string of the molecule is Nc1ccc(COc2ccnc(N)n2)cc1. The molecule has 2 rings (SSSR count). The highest BCUT2D eigenvalue weighted by atomic mass is 16.5. The van der Waals surface area contributed by atoms with E-state index in [0.29, 0.717) is 12.5 Å². The standard InChI is InChI=1S/C11H12N4O/c12-9-3-1-8(2-4-9)7-16-10-5-6-14-11(13)15-10/h1-6H,7,12H2,(H2,13,14,15). The van der Waals surface area contributed by atoms with Gasteiger partial charge in [0, 0.05) is 18.0 Å². The van der Waals surface area contributed by atoms with Crippen LogP contribution in [0.3, 0.4) is 0 Å². The summed E-state index contributed by atoms with van der Waals surface area (Å²) in [4.78, 5) is 7.70. The largest absolute Gasteiger partial charge is 0.473 e. The fourth-order valence-electron chi connectivity index (χ4n) is 1.21. The minimum atomic E-state index is 0.204. The summed E-state index contributed by atoms with van der Waals surface area (Å²) in [6, 6.07) is 9.12. The van der Waals surface area contributed by atoms with Gasteiger partial charge in [-0.05, 0) is 17.7 Å². The van der Waals surface area contributed by atoms with Crippen molar-refractivity contribution in [3.05, 3.63) is 42.1 Å². The lowest BCUT2D eigenvalue weighted by molar-refractivity contribution is 0.294. The molecule has 0 saturated heterocycles. The Hall–Kier alpha value is -2.30. The van der Waals surface area contributed by atoms with E-state index in [-0.39, 0.29) is 5.95 Å². The second-order valence-corrected chi connectivity index (χ2v) is 3.28. The summed E-state index contributed by atoms with van der Waals surface area (Å²) in [5.74, 6) is 0.666. The Labute approximate surface area is 93.1 Å². The molecule has 0 aliphatic carbocycles. The van der Waals surface area contributed by atoms with E-state index >= 15 is 0 Å². The molecule has 0 radical (unpaired) electrons. The smallest absolute Gasteiger partial charge is 0.223 e. The van der Waals surface area contributed by atoms with E-state index in [1.807, 2.05) is 24.3 Å². The molecule has 1 heterocycles. The summed E-state index contributed by atoms with van der Waals surface area (Å²) in [6.45, 7) is 0.427. The van der Waals surface area contributed by atoms with Crippen LogP contribution < -0.4 is 16.2 Å². The molecule has 0 atom stereocenters. The molecular weight excluding hydrogens is 204 g/mol. The third kappa shape index (κ3) is 2.60. The molecule has 5 nitrogen and oxygen atoms in total. The minimum Gasteiger partial charge on any atom is -0.473 e. The van der Waals surface area contributed by atoms with Gasteiger partial charge in [0.05, 0.1) is 0 Å². The van der Waals surface area contributed by atoms with Gasteiger partial charge in [-0.25, -0.2) is 4.98 Å². The highest BCUT2D eigenvalue weighted by Gasteiger charge is 1.98. The first-order chi connectivity index (χ1) is 7.74. The molecule has 1 aromatic heterocycles. The second kappa shape index (κ2) is 4.48. The Morgan fingerprint density at radius 1 is 1.06 bits per heavy atom. The third-order valence-electron chi connectivity index (χ3n) is 2.02. The summed E-state index contributed by atoms with van der Waals surface area (Å²) in [5.41, 5.74) is 12.8. The van der Waals surface area contributed by atoms with Gasteiger partial charge in [-0.3, -0.25) is 0 Å². The van der Waals surface area contributed by atoms with Crippen LogP contribution in [-0.2, 0) is 6.61 Å². The zero-order valence-electron chi connectivity index (χ0n) is 8.63. The van der Waals surface area contributed by atoms with Crippen LogP contribution in [0.4, 0.5) is 11.6 Å². The molecule has 1 aromatic carbocycles. The summed E-state index contributed by atoms with van der Waals surface area (Å²) >= 11 is 0. The van der Waals surface area contributed by atoms with Crippen molar-refractivity contribution in [2.75, 3.05) is 11.5 Å². The summed E-state index contributed by atoms with van der Waals surface area (Å²) < 4.78 is 5.44. The van der Waals surface area contributed by atoms with Gasteiger partial charge < -0.3 is 16.2 Å². The Morgan fingerprint density at radius 2 is 1.81 bits per heavy atom. The quantitative estimate of drug-likeness (QED) is 0.753. The van der Waals surface area contributed by atoms with Gasteiger partial charge in [0.1, 0.15) is 6.61 Å². The van der Waals surface area contributed by atoms with Crippen LogP contribution >= 0.6 is 0 Å². The number of nitrogens with two attached hydrogens (primary N) is 2. The van der Waals surface area contributed by atoms with Crippen LogP contribution in [0.25, 0.3) is 0 Å². The Kier molecular flexibility index (Phi) is 2.86. The number of nitrogen functional groups attached to an aromatic ring is 2. The van der Waals surface area contributed by atoms with Crippen molar-refractivity contribution in [2.45, 2.75) is 6.61 Å². The predicted molar refractivity (Wildman–Crippen MR) is 61.6 cm³/mol. The lowest BCUT2D eigenvalue weighted by Crippen LogP contribution is -2.00. The van der Waals surface area contributed by atoms with Gasteiger partial charge in [0.25, 0.3) is 0 Å². The minimum absolute atomic E-state index is 0.204. The molecule has 4 N–H and O–H groups in total. The van der Waals surface area contributed by atoms with Gasteiger partial charge in [-0.1, -0.05) is 12.1 Å². The van der Waals surface area contributed by atoms with Gasteiger partial charge in [0.15, 0.2) is 0 Å². The first-order valence-corrected chi connectivity index (χ1v) is 4.80. The fourth-order valence-corrected chi connectivity index (χ4v) is 1.21. The molecule has 0 unspecified atom stereocenters. The van der Waals surface area contributed by atoms with E-state index in [1.165, 1.54) is 0 Å². The molecule has 2 aromatic rings. The van der Waals surface area contributed by atoms with Crippen molar-refractivity contribution < 1.29 is 4.74 Å². The van der Waals surface area contributed by atoms with Crippen molar-refractivity contribution in [2.24, 2.45) is 0 Å². The van der Waals surface area contributed by atoms with Crippen molar-refractivity contribution in [1.29, 1.82) is 0 Å². The Morgan fingerprint density at radius 3 is 2.50 bits per heavy atom. The fraction of sp³-hybridized carbons (Fsp3) is 0.0909. The summed E-state index contributed by atoms with van der Waals surface area (Å²) in [6.07, 6.45) is 1.56. The zero-order valence-corrected chi connectivity index (χ0v) is 8.63. The lowest BCUT2D eigenvalue weighted by atomic mass is 10.2. The number of hydrogen-bond donors (Lipinski definition) is 2. The topological polar surface area (TPSA) is 87.0 Å². The average Bonchev–Trinajstić information content (AvgIpc) is 2.28. The number of anilines is 2. The maximum atomic E-state index is 5.58. The second-order valence-electron chi connectivity index (χ2n) is 3.28. The monoisotopic (exact) mass is 216 g/mol. The van der Waals surface area contributed by atoms with Gasteiger partial charge in [0.2, 0.25) is 11.8 Å². The van der Waals surface area contributed by atoms with Gasteiger partial charge >= 0.3 is 0 Å². The van der Waals surface area contributed by atoms with Crippen molar-refractivity contribution >= 4 is 11.6 Å². The number of nitrogens with zero attached hydrogens (tertiary/aromatic N) is 2. The molecule has 82 valence electrons. The molecule has 0 fully saturated rings. The van der Waals surface area contributed by atoms with Crippen LogP contribution in [0.15, 0.2) is 36.5 Å². The molecule has 0 amide bonds. The van der Waals surface area contributed by atoms with Crippen LogP contribution in [0.1, 0.15) is 5.56 Å². The number of aromatic nitrogens is 2. The molecule has 0 saturated carbocycles. The van der Waals surface area contributed by atoms with E-state index in [0.717, 1.165) is 11.3 Å². The summed E-state index contributed by atoms with van der Waals surface area (Å²) in [5, 5.41) is 0. The maximum absolute atomic E-state index is 5.58. The van der Waals surface area contributed by atoms with Crippen molar-refractivity contribution in [1.82, 2.24) is 9.97 Å². The first kappa shape index (κ1) is 10.2. The normalized spacial score (nSPS) is 10.0. The van der Waals surface area contributed by atoms with E-state index in [1.54, 1.807) is 12.3 Å². The van der Waals surface area contributed by atoms with E-state index in [2.05, 4.69) is 9.97 Å². The lowest BCUT2D eigenvalue weighted by Gasteiger charge is -2.05. The maximum Gasteiger partial charge on any atom is 0.223 e. The number of ether oxygens (including phenoxy) is 1. The average molecular weight is 216 g/mol. The molecule has 0 aliphatic heterocycles. The van der Waals surface area contributed by atoms with Crippen molar-refractivity contribution in [3.63, 3.8) is 0 Å². The highest BCUT2D eigenvalue weighted by molar-refractivity contribution is 5.39. The number of hydrogen-bond acceptors (Lipinski definition) is 5. The zero-order chi connectivity index (χ0) is 11.4. The Balaban J connectivity index is 1.99. The molecule has 5 heteroatoms. The van der Waals surface area contributed by atoms with Crippen LogP contribution in [0.5, 0.6) is 5.88 Å². The highest BCUT2D eigenvalue weighted by Crippen LogP contribution is 2.11. The molecule has 0 spiro atoms. The van der Waals surface area contributed by atoms with E-state index < -0.39 is 0 Å². The summed E-state index contributed by atoms with van der Waals surface area (Å²) in [7, 11) is 0. The van der Waals surface area contributed by atoms with Crippen molar-refractivity contribution in [3.8, 4) is 5.88 Å². The third-order valence-corrected chi connectivity index (χ3v) is 2.02. The van der Waals surface area contributed by atoms with Crippen LogP contribution in [0.2, 0.25) is 0 Å². The first-order valence-electron chi connectivity index (χ1n) is 4.80. The molecular formula is C11H12N4O. The number of rotatable bonds is 3. The Bertz CT molecular complexity index is 470. The van der Waals surface area contributed by atoms with Gasteiger partial charge in [-0.15, -0.1) is 0 Å². The van der Waals surface area contributed by atoms with Crippen LogP contribution in [0, 0.1) is 0 Å². The van der Waals surface area contributed by atoms with E-state index in [4.69, 9.17) is 16.2 Å².